The normalized spacial score (nSPS) is 12.5. The van der Waals surface area contributed by atoms with Crippen LogP contribution in [0.3, 0.4) is 0 Å². The molecule has 0 fully saturated rings. The molecule has 1 amide bonds. The molecule has 0 spiro atoms. The molecule has 1 aromatic heterocycles. The third-order valence-corrected chi connectivity index (χ3v) is 8.35. The van der Waals surface area contributed by atoms with Crippen molar-refractivity contribution in [1.82, 2.24) is 14.8 Å². The average Bonchev–Trinajstić information content (AvgIpc) is 3.18. The summed E-state index contributed by atoms with van der Waals surface area (Å²) >= 11 is 1.31. The van der Waals surface area contributed by atoms with Crippen LogP contribution < -0.4 is 5.32 Å². The third kappa shape index (κ3) is 6.03. The Morgan fingerprint density at radius 3 is 2.39 bits per heavy atom. The van der Waals surface area contributed by atoms with Crippen molar-refractivity contribution < 1.29 is 13.2 Å². The standard InChI is InChI=1S/C24H30N4O3S2/c1-5-18-10-8-9-11-20(18)25-23(29)21(6-2)32-24-27-26-22(28(24)7-3)16-33(30,31)19-14-12-17(4)13-15-19/h8-15,21H,5-7,16H2,1-4H3,(H,25,29). The topological polar surface area (TPSA) is 94.0 Å². The van der Waals surface area contributed by atoms with E-state index < -0.39 is 9.84 Å². The first-order valence-electron chi connectivity index (χ1n) is 11.1. The Kier molecular flexibility index (Phi) is 8.31. The van der Waals surface area contributed by atoms with E-state index in [2.05, 4.69) is 15.5 Å². The van der Waals surface area contributed by atoms with E-state index in [0.29, 0.717) is 23.9 Å². The summed E-state index contributed by atoms with van der Waals surface area (Å²) < 4.78 is 27.5. The van der Waals surface area contributed by atoms with Crippen LogP contribution in [-0.2, 0) is 33.4 Å². The Bertz CT molecular complexity index is 1200. The number of aromatic nitrogens is 3. The van der Waals surface area contributed by atoms with Crippen LogP contribution in [0, 0.1) is 6.92 Å². The van der Waals surface area contributed by atoms with Gasteiger partial charge in [-0.15, -0.1) is 10.2 Å². The molecule has 1 unspecified atom stereocenters. The number of amides is 1. The molecule has 0 aliphatic heterocycles. The third-order valence-electron chi connectivity index (χ3n) is 5.38. The second-order valence-corrected chi connectivity index (χ2v) is 10.9. The number of aryl methyl sites for hydroxylation is 2. The molecule has 2 aromatic carbocycles. The highest BCUT2D eigenvalue weighted by atomic mass is 32.2. The number of carbonyl (C=O) groups is 1. The molecule has 0 saturated heterocycles. The van der Waals surface area contributed by atoms with Crippen molar-refractivity contribution in [2.24, 2.45) is 0 Å². The molecule has 33 heavy (non-hydrogen) atoms. The van der Waals surface area contributed by atoms with Gasteiger partial charge in [0.05, 0.1) is 10.1 Å². The summed E-state index contributed by atoms with van der Waals surface area (Å²) in [7, 11) is -3.56. The largest absolute Gasteiger partial charge is 0.325 e. The Balaban J connectivity index is 1.78. The van der Waals surface area contributed by atoms with Crippen LogP contribution in [0.25, 0.3) is 0 Å². The van der Waals surface area contributed by atoms with E-state index in [4.69, 9.17) is 0 Å². The fourth-order valence-electron chi connectivity index (χ4n) is 3.44. The first kappa shape index (κ1) is 25.0. The van der Waals surface area contributed by atoms with Crippen LogP contribution in [0.15, 0.2) is 58.6 Å². The summed E-state index contributed by atoms with van der Waals surface area (Å²) in [6.07, 6.45) is 1.42. The van der Waals surface area contributed by atoms with Gasteiger partial charge in [-0.25, -0.2) is 8.42 Å². The summed E-state index contributed by atoms with van der Waals surface area (Å²) in [4.78, 5) is 13.2. The minimum absolute atomic E-state index is 0.108. The van der Waals surface area contributed by atoms with E-state index in [9.17, 15) is 13.2 Å². The molecule has 3 rings (SSSR count). The van der Waals surface area contributed by atoms with Gasteiger partial charge in [0.25, 0.3) is 0 Å². The number of anilines is 1. The summed E-state index contributed by atoms with van der Waals surface area (Å²) in [6.45, 7) is 8.32. The van der Waals surface area contributed by atoms with E-state index in [1.54, 1.807) is 28.8 Å². The van der Waals surface area contributed by atoms with Crippen molar-refractivity contribution >= 4 is 33.2 Å². The number of nitrogens with one attached hydrogen (secondary N) is 1. The van der Waals surface area contributed by atoms with Crippen molar-refractivity contribution in [1.29, 1.82) is 0 Å². The monoisotopic (exact) mass is 486 g/mol. The number of carbonyl (C=O) groups excluding carboxylic acids is 1. The maximum atomic E-state index is 13.0. The SMILES string of the molecule is CCc1ccccc1NC(=O)C(CC)Sc1nnc(CS(=O)(=O)c2ccc(C)cc2)n1CC. The van der Waals surface area contributed by atoms with Gasteiger partial charge >= 0.3 is 0 Å². The zero-order valence-corrected chi connectivity index (χ0v) is 21.0. The molecule has 7 nitrogen and oxygen atoms in total. The fourth-order valence-corrected chi connectivity index (χ4v) is 5.75. The van der Waals surface area contributed by atoms with Gasteiger partial charge in [-0.05, 0) is 50.5 Å². The van der Waals surface area contributed by atoms with E-state index >= 15 is 0 Å². The van der Waals surface area contributed by atoms with Gasteiger partial charge in [0.1, 0.15) is 11.6 Å². The van der Waals surface area contributed by atoms with Gasteiger partial charge in [-0.2, -0.15) is 0 Å². The van der Waals surface area contributed by atoms with Crippen LogP contribution in [0.1, 0.15) is 44.1 Å². The second kappa shape index (κ2) is 11.0. The zero-order valence-electron chi connectivity index (χ0n) is 19.4. The van der Waals surface area contributed by atoms with Gasteiger partial charge in [-0.3, -0.25) is 4.79 Å². The van der Waals surface area contributed by atoms with Gasteiger partial charge in [0.15, 0.2) is 15.0 Å². The first-order chi connectivity index (χ1) is 15.8. The molecule has 3 aromatic rings. The molecule has 1 N–H and O–H groups in total. The lowest BCUT2D eigenvalue weighted by molar-refractivity contribution is -0.115. The summed E-state index contributed by atoms with van der Waals surface area (Å²) in [6, 6.07) is 14.5. The second-order valence-electron chi connectivity index (χ2n) is 7.73. The van der Waals surface area contributed by atoms with Gasteiger partial charge in [-0.1, -0.05) is 61.5 Å². The molecule has 176 valence electrons. The molecule has 0 radical (unpaired) electrons. The molecular weight excluding hydrogens is 456 g/mol. The fraction of sp³-hybridized carbons (Fsp3) is 0.375. The first-order valence-corrected chi connectivity index (χ1v) is 13.6. The predicted octanol–water partition coefficient (Wildman–Crippen LogP) is 4.65. The Hall–Kier alpha value is -2.65. The number of nitrogens with zero attached hydrogens (tertiary/aromatic N) is 3. The highest BCUT2D eigenvalue weighted by molar-refractivity contribution is 8.00. The number of benzene rings is 2. The lowest BCUT2D eigenvalue weighted by Gasteiger charge is -2.16. The molecular formula is C24H30N4O3S2. The van der Waals surface area contributed by atoms with Crippen LogP contribution >= 0.6 is 11.8 Å². The van der Waals surface area contributed by atoms with Crippen molar-refractivity contribution in [2.45, 2.75) is 68.1 Å². The number of thioether (sulfide) groups is 1. The average molecular weight is 487 g/mol. The molecule has 9 heteroatoms. The van der Waals surface area contributed by atoms with E-state index in [1.165, 1.54) is 11.8 Å². The molecule has 0 saturated carbocycles. The van der Waals surface area contributed by atoms with Crippen molar-refractivity contribution in [3.8, 4) is 0 Å². The minimum Gasteiger partial charge on any atom is -0.325 e. The van der Waals surface area contributed by atoms with E-state index in [0.717, 1.165) is 23.2 Å². The summed E-state index contributed by atoms with van der Waals surface area (Å²) in [5.74, 6) is 0.0136. The van der Waals surface area contributed by atoms with E-state index in [1.807, 2.05) is 52.0 Å². The maximum Gasteiger partial charge on any atom is 0.237 e. The van der Waals surface area contributed by atoms with Crippen LogP contribution in [0.5, 0.6) is 0 Å². The van der Waals surface area contributed by atoms with Crippen LogP contribution in [-0.4, -0.2) is 34.3 Å². The van der Waals surface area contributed by atoms with Crippen molar-refractivity contribution in [3.63, 3.8) is 0 Å². The number of sulfone groups is 1. The molecule has 0 bridgehead atoms. The highest BCUT2D eigenvalue weighted by Gasteiger charge is 2.25. The van der Waals surface area contributed by atoms with Gasteiger partial charge in [0.2, 0.25) is 5.91 Å². The molecule has 0 aliphatic carbocycles. The molecule has 1 atom stereocenters. The number of para-hydroxylation sites is 1. The Labute approximate surface area is 199 Å². The van der Waals surface area contributed by atoms with E-state index in [-0.39, 0.29) is 21.8 Å². The number of rotatable bonds is 10. The number of hydrogen-bond donors (Lipinski definition) is 1. The lowest BCUT2D eigenvalue weighted by atomic mass is 10.1. The predicted molar refractivity (Wildman–Crippen MR) is 132 cm³/mol. The van der Waals surface area contributed by atoms with Crippen molar-refractivity contribution in [2.75, 3.05) is 5.32 Å². The minimum atomic E-state index is -3.56. The quantitative estimate of drug-likeness (QED) is 0.419. The molecule has 1 heterocycles. The number of hydrogen-bond acceptors (Lipinski definition) is 6. The zero-order chi connectivity index (χ0) is 24.0. The smallest absolute Gasteiger partial charge is 0.237 e. The van der Waals surface area contributed by atoms with Crippen molar-refractivity contribution in [3.05, 3.63) is 65.5 Å². The molecule has 0 aliphatic rings. The van der Waals surface area contributed by atoms with Crippen LogP contribution in [0.4, 0.5) is 5.69 Å². The van der Waals surface area contributed by atoms with Gasteiger partial charge < -0.3 is 9.88 Å². The lowest BCUT2D eigenvalue weighted by Crippen LogP contribution is -2.25. The summed E-state index contributed by atoms with van der Waals surface area (Å²) in [5, 5.41) is 11.6. The Morgan fingerprint density at radius 2 is 1.76 bits per heavy atom. The maximum absolute atomic E-state index is 13.0. The highest BCUT2D eigenvalue weighted by Crippen LogP contribution is 2.28. The Morgan fingerprint density at radius 1 is 1.06 bits per heavy atom. The summed E-state index contributed by atoms with van der Waals surface area (Å²) in [5.41, 5.74) is 2.88. The van der Waals surface area contributed by atoms with Crippen LogP contribution in [0.2, 0.25) is 0 Å². The van der Waals surface area contributed by atoms with Gasteiger partial charge in [0, 0.05) is 12.2 Å².